The lowest BCUT2D eigenvalue weighted by Gasteiger charge is -2.08. The molecule has 0 saturated heterocycles. The van der Waals surface area contributed by atoms with E-state index in [0.717, 1.165) is 37.0 Å². The smallest absolute Gasteiger partial charge is 0.140 e. The van der Waals surface area contributed by atoms with Crippen LogP contribution in [-0.4, -0.2) is 0 Å². The summed E-state index contributed by atoms with van der Waals surface area (Å²) in [5.41, 5.74) is 1.73. The van der Waals surface area contributed by atoms with Gasteiger partial charge in [0.1, 0.15) is 22.7 Å². The molecule has 4 rings (SSSR count). The van der Waals surface area contributed by atoms with Crippen LogP contribution in [0.15, 0.2) is 71.1 Å². The molecule has 21 heavy (non-hydrogen) atoms. The van der Waals surface area contributed by atoms with Gasteiger partial charge in [0.15, 0.2) is 0 Å². The molecule has 0 fully saturated rings. The third-order valence-corrected chi connectivity index (χ3v) is 4.31. The number of benzene rings is 3. The first-order chi connectivity index (χ1) is 10.3. The van der Waals surface area contributed by atoms with E-state index >= 15 is 0 Å². The average Bonchev–Trinajstić information content (AvgIpc) is 2.89. The number of hydrogen-bond acceptors (Lipinski definition) is 2. The maximum absolute atomic E-state index is 6.12. The highest BCUT2D eigenvalue weighted by molar-refractivity contribution is 14.1. The van der Waals surface area contributed by atoms with E-state index in [2.05, 4.69) is 28.7 Å². The van der Waals surface area contributed by atoms with Crippen molar-refractivity contribution in [1.29, 1.82) is 0 Å². The summed E-state index contributed by atoms with van der Waals surface area (Å²) in [4.78, 5) is 0. The van der Waals surface area contributed by atoms with Crippen molar-refractivity contribution in [2.75, 3.05) is 0 Å². The van der Waals surface area contributed by atoms with Crippen LogP contribution in [0.25, 0.3) is 21.9 Å². The maximum Gasteiger partial charge on any atom is 0.140 e. The molecule has 0 aliphatic rings. The van der Waals surface area contributed by atoms with Crippen LogP contribution >= 0.6 is 22.6 Å². The molecule has 3 aromatic carbocycles. The molecular formula is C18H11IO2. The molecule has 0 amide bonds. The van der Waals surface area contributed by atoms with Crippen LogP contribution in [0.1, 0.15) is 0 Å². The molecule has 0 spiro atoms. The number of furan rings is 1. The van der Waals surface area contributed by atoms with Gasteiger partial charge < -0.3 is 9.15 Å². The van der Waals surface area contributed by atoms with Crippen molar-refractivity contribution in [3.63, 3.8) is 0 Å². The second-order valence-corrected chi connectivity index (χ2v) is 5.92. The predicted octanol–water partition coefficient (Wildman–Crippen LogP) is 5.98. The van der Waals surface area contributed by atoms with Crippen molar-refractivity contribution in [3.05, 3.63) is 70.3 Å². The largest absolute Gasteiger partial charge is 0.456 e. The highest BCUT2D eigenvalue weighted by Crippen LogP contribution is 2.38. The van der Waals surface area contributed by atoms with Gasteiger partial charge in [0, 0.05) is 5.39 Å². The highest BCUT2D eigenvalue weighted by Gasteiger charge is 2.12. The summed E-state index contributed by atoms with van der Waals surface area (Å²) in [6, 6.07) is 21.9. The number of para-hydroxylation sites is 2. The Hall–Kier alpha value is -2.01. The van der Waals surface area contributed by atoms with Gasteiger partial charge in [0.2, 0.25) is 0 Å². The van der Waals surface area contributed by atoms with Gasteiger partial charge in [-0.15, -0.1) is 0 Å². The molecule has 102 valence electrons. The number of halogens is 1. The Labute approximate surface area is 135 Å². The van der Waals surface area contributed by atoms with Crippen LogP contribution in [0.5, 0.6) is 11.5 Å². The van der Waals surface area contributed by atoms with Gasteiger partial charge >= 0.3 is 0 Å². The zero-order chi connectivity index (χ0) is 14.2. The molecule has 1 heterocycles. The minimum Gasteiger partial charge on any atom is -0.456 e. The zero-order valence-electron chi connectivity index (χ0n) is 11.0. The van der Waals surface area contributed by atoms with Crippen LogP contribution < -0.4 is 4.74 Å². The summed E-state index contributed by atoms with van der Waals surface area (Å²) in [5, 5.41) is 2.10. The van der Waals surface area contributed by atoms with E-state index in [1.807, 2.05) is 60.7 Å². The minimum absolute atomic E-state index is 0.821. The van der Waals surface area contributed by atoms with E-state index in [1.165, 1.54) is 0 Å². The zero-order valence-corrected chi connectivity index (χ0v) is 13.2. The molecule has 0 unspecified atom stereocenters. The lowest BCUT2D eigenvalue weighted by molar-refractivity contribution is 0.485. The third-order valence-electron chi connectivity index (χ3n) is 3.42. The molecule has 2 nitrogen and oxygen atoms in total. The first kappa shape index (κ1) is 12.7. The fourth-order valence-electron chi connectivity index (χ4n) is 2.47. The average molecular weight is 386 g/mol. The quantitative estimate of drug-likeness (QED) is 0.396. The fraction of sp³-hybridized carbons (Fsp3) is 0. The van der Waals surface area contributed by atoms with Gasteiger partial charge in [0.25, 0.3) is 0 Å². The van der Waals surface area contributed by atoms with Crippen LogP contribution in [0.4, 0.5) is 0 Å². The van der Waals surface area contributed by atoms with Crippen molar-refractivity contribution < 1.29 is 9.15 Å². The summed E-state index contributed by atoms with van der Waals surface area (Å²) < 4.78 is 13.1. The molecule has 0 radical (unpaired) electrons. The molecular weight excluding hydrogens is 375 g/mol. The highest BCUT2D eigenvalue weighted by atomic mass is 127. The Balaban J connectivity index is 1.94. The standard InChI is InChI=1S/C18H11IO2/c19-13-7-2-4-9-15(13)21-17-11-5-10-16-18(17)12-6-1-3-8-14(12)20-16/h1-11H. The van der Waals surface area contributed by atoms with Gasteiger partial charge in [-0.3, -0.25) is 0 Å². The Kier molecular flexibility index (Phi) is 3.07. The van der Waals surface area contributed by atoms with E-state index in [4.69, 9.17) is 9.15 Å². The van der Waals surface area contributed by atoms with E-state index in [1.54, 1.807) is 0 Å². The first-order valence-electron chi connectivity index (χ1n) is 6.65. The maximum atomic E-state index is 6.12. The van der Waals surface area contributed by atoms with Crippen LogP contribution in [0.2, 0.25) is 0 Å². The van der Waals surface area contributed by atoms with Gasteiger partial charge in [-0.2, -0.15) is 0 Å². The molecule has 3 heteroatoms. The second kappa shape index (κ2) is 5.07. The summed E-state index contributed by atoms with van der Waals surface area (Å²) >= 11 is 2.28. The van der Waals surface area contributed by atoms with Crippen molar-refractivity contribution >= 4 is 44.5 Å². The first-order valence-corrected chi connectivity index (χ1v) is 7.73. The predicted molar refractivity (Wildman–Crippen MR) is 93.0 cm³/mol. The third kappa shape index (κ3) is 2.17. The normalized spacial score (nSPS) is 11.1. The van der Waals surface area contributed by atoms with Crippen LogP contribution in [0.3, 0.4) is 0 Å². The summed E-state index contributed by atoms with van der Waals surface area (Å²) in [7, 11) is 0. The Morgan fingerprint density at radius 2 is 1.43 bits per heavy atom. The molecule has 0 atom stereocenters. The fourth-order valence-corrected chi connectivity index (χ4v) is 2.97. The molecule has 0 N–H and O–H groups in total. The van der Waals surface area contributed by atoms with Crippen molar-refractivity contribution in [3.8, 4) is 11.5 Å². The van der Waals surface area contributed by atoms with Gasteiger partial charge in [0.05, 0.1) is 8.96 Å². The van der Waals surface area contributed by atoms with E-state index in [-0.39, 0.29) is 0 Å². The van der Waals surface area contributed by atoms with Gasteiger partial charge in [-0.25, -0.2) is 0 Å². The molecule has 0 saturated carbocycles. The number of rotatable bonds is 2. The number of hydrogen-bond donors (Lipinski definition) is 0. The Morgan fingerprint density at radius 3 is 2.33 bits per heavy atom. The van der Waals surface area contributed by atoms with Crippen molar-refractivity contribution in [2.45, 2.75) is 0 Å². The van der Waals surface area contributed by atoms with Gasteiger partial charge in [-0.1, -0.05) is 36.4 Å². The van der Waals surface area contributed by atoms with Crippen molar-refractivity contribution in [1.82, 2.24) is 0 Å². The number of ether oxygens (including phenoxy) is 1. The van der Waals surface area contributed by atoms with Crippen molar-refractivity contribution in [2.24, 2.45) is 0 Å². The minimum atomic E-state index is 0.821. The van der Waals surface area contributed by atoms with Crippen LogP contribution in [-0.2, 0) is 0 Å². The molecule has 0 aliphatic carbocycles. The van der Waals surface area contributed by atoms with Crippen LogP contribution in [0, 0.1) is 3.57 Å². The Bertz CT molecular complexity index is 940. The number of fused-ring (bicyclic) bond motifs is 3. The molecule has 1 aromatic heterocycles. The SMILES string of the molecule is Ic1ccccc1Oc1cccc2oc3ccccc3c12. The second-order valence-electron chi connectivity index (χ2n) is 4.76. The summed E-state index contributed by atoms with van der Waals surface area (Å²) in [6.07, 6.45) is 0. The molecule has 4 aromatic rings. The molecule has 0 bridgehead atoms. The van der Waals surface area contributed by atoms with E-state index in [9.17, 15) is 0 Å². The lowest BCUT2D eigenvalue weighted by atomic mass is 10.1. The Morgan fingerprint density at radius 1 is 0.714 bits per heavy atom. The van der Waals surface area contributed by atoms with E-state index < -0.39 is 0 Å². The monoisotopic (exact) mass is 386 g/mol. The summed E-state index contributed by atoms with van der Waals surface area (Å²) in [5.74, 6) is 1.68. The van der Waals surface area contributed by atoms with E-state index in [0.29, 0.717) is 0 Å². The summed E-state index contributed by atoms with van der Waals surface area (Å²) in [6.45, 7) is 0. The topological polar surface area (TPSA) is 22.4 Å². The lowest BCUT2D eigenvalue weighted by Crippen LogP contribution is -1.87. The molecule has 0 aliphatic heterocycles. The van der Waals surface area contributed by atoms with Gasteiger partial charge in [-0.05, 0) is 52.9 Å².